The molecule has 1 aliphatic rings. The van der Waals surface area contributed by atoms with Gasteiger partial charge in [-0.15, -0.1) is 0 Å². The number of rotatable bonds is 2. The number of aliphatic imine (C=N–C) groups is 1. The number of nitrogens with zero attached hydrogens (tertiary/aromatic N) is 1. The van der Waals surface area contributed by atoms with E-state index in [1.54, 1.807) is 13.2 Å². The highest BCUT2D eigenvalue weighted by Gasteiger charge is 2.25. The van der Waals surface area contributed by atoms with E-state index in [-0.39, 0.29) is 5.91 Å². The first kappa shape index (κ1) is 11.5. The molecule has 0 saturated heterocycles. The van der Waals surface area contributed by atoms with Crippen molar-refractivity contribution in [3.05, 3.63) is 54.1 Å². The van der Waals surface area contributed by atoms with Crippen LogP contribution in [0.2, 0.25) is 0 Å². The van der Waals surface area contributed by atoms with Gasteiger partial charge in [0.05, 0.1) is 18.5 Å². The van der Waals surface area contributed by atoms with Gasteiger partial charge in [0.2, 0.25) is 0 Å². The zero-order chi connectivity index (χ0) is 13.2. The molecule has 2 aromatic carbocycles. The molecular formula is C15H12N2O2. The summed E-state index contributed by atoms with van der Waals surface area (Å²) in [7, 11) is 1.60. The molecule has 0 fully saturated rings. The van der Waals surface area contributed by atoms with E-state index >= 15 is 0 Å². The van der Waals surface area contributed by atoms with Gasteiger partial charge in [0.1, 0.15) is 11.5 Å². The molecule has 0 aliphatic carbocycles. The van der Waals surface area contributed by atoms with Gasteiger partial charge in [-0.1, -0.05) is 24.3 Å². The van der Waals surface area contributed by atoms with Crippen LogP contribution in [0.25, 0.3) is 0 Å². The van der Waals surface area contributed by atoms with E-state index in [9.17, 15) is 4.79 Å². The first-order chi connectivity index (χ1) is 9.28. The van der Waals surface area contributed by atoms with Crippen LogP contribution < -0.4 is 10.1 Å². The number of carbonyl (C=O) groups excluding carboxylic acids is 1. The average Bonchev–Trinajstić information content (AvgIpc) is 2.76. The summed E-state index contributed by atoms with van der Waals surface area (Å²) >= 11 is 0. The van der Waals surface area contributed by atoms with Gasteiger partial charge in [-0.2, -0.15) is 0 Å². The maximum absolute atomic E-state index is 11.9. The van der Waals surface area contributed by atoms with Gasteiger partial charge in [0.15, 0.2) is 0 Å². The number of para-hydroxylation sites is 1. The number of methoxy groups -OCH3 is 1. The Kier molecular flexibility index (Phi) is 2.76. The van der Waals surface area contributed by atoms with Gasteiger partial charge in [0, 0.05) is 11.6 Å². The number of amides is 1. The topological polar surface area (TPSA) is 50.7 Å². The van der Waals surface area contributed by atoms with Crippen LogP contribution in [0, 0.1) is 0 Å². The highest BCUT2D eigenvalue weighted by molar-refractivity contribution is 6.54. The highest BCUT2D eigenvalue weighted by atomic mass is 16.5. The zero-order valence-corrected chi connectivity index (χ0v) is 10.4. The Morgan fingerprint density at radius 1 is 1.11 bits per heavy atom. The fourth-order valence-electron chi connectivity index (χ4n) is 2.02. The monoisotopic (exact) mass is 252 g/mol. The van der Waals surface area contributed by atoms with E-state index in [1.807, 2.05) is 42.5 Å². The lowest BCUT2D eigenvalue weighted by atomic mass is 10.1. The smallest absolute Gasteiger partial charge is 0.275 e. The number of ether oxygens (including phenoxy) is 1. The van der Waals surface area contributed by atoms with Crippen LogP contribution in [0.1, 0.15) is 5.56 Å². The van der Waals surface area contributed by atoms with Crippen LogP contribution in [0.15, 0.2) is 53.5 Å². The molecule has 4 nitrogen and oxygen atoms in total. The van der Waals surface area contributed by atoms with Crippen LogP contribution in [0.5, 0.6) is 5.75 Å². The van der Waals surface area contributed by atoms with Crippen molar-refractivity contribution in [1.82, 2.24) is 0 Å². The molecule has 94 valence electrons. The molecular weight excluding hydrogens is 240 g/mol. The van der Waals surface area contributed by atoms with E-state index in [4.69, 9.17) is 4.74 Å². The van der Waals surface area contributed by atoms with Gasteiger partial charge in [-0.25, -0.2) is 4.99 Å². The second-order valence-electron chi connectivity index (χ2n) is 4.16. The van der Waals surface area contributed by atoms with Crippen LogP contribution in [0.4, 0.5) is 11.4 Å². The van der Waals surface area contributed by atoms with Crippen LogP contribution in [-0.2, 0) is 4.79 Å². The lowest BCUT2D eigenvalue weighted by Crippen LogP contribution is -2.13. The summed E-state index contributed by atoms with van der Waals surface area (Å²) in [6.45, 7) is 0. The minimum absolute atomic E-state index is 0.177. The molecule has 0 saturated carbocycles. The third-order valence-corrected chi connectivity index (χ3v) is 2.94. The van der Waals surface area contributed by atoms with Gasteiger partial charge >= 0.3 is 0 Å². The highest BCUT2D eigenvalue weighted by Crippen LogP contribution is 2.26. The number of nitrogens with one attached hydrogen (secondary N) is 1. The van der Waals surface area contributed by atoms with Crippen LogP contribution in [0.3, 0.4) is 0 Å². The van der Waals surface area contributed by atoms with E-state index in [1.165, 1.54) is 0 Å². The molecule has 4 heteroatoms. The van der Waals surface area contributed by atoms with Crippen molar-refractivity contribution in [1.29, 1.82) is 0 Å². The Hall–Kier alpha value is -2.62. The summed E-state index contributed by atoms with van der Waals surface area (Å²) in [4.78, 5) is 16.3. The minimum atomic E-state index is -0.177. The molecule has 0 atom stereocenters. The summed E-state index contributed by atoms with van der Waals surface area (Å²) in [5, 5.41) is 2.80. The predicted octanol–water partition coefficient (Wildman–Crippen LogP) is 2.77. The van der Waals surface area contributed by atoms with E-state index in [2.05, 4.69) is 10.3 Å². The Balaban J connectivity index is 2.06. The van der Waals surface area contributed by atoms with Crippen molar-refractivity contribution in [2.75, 3.05) is 12.4 Å². The summed E-state index contributed by atoms with van der Waals surface area (Å²) in [5.74, 6) is 0.539. The van der Waals surface area contributed by atoms with Gasteiger partial charge in [0.25, 0.3) is 5.91 Å². The molecule has 2 aromatic rings. The maximum Gasteiger partial charge on any atom is 0.275 e. The maximum atomic E-state index is 11.9. The molecule has 0 unspecified atom stereocenters. The molecule has 0 aromatic heterocycles. The third kappa shape index (κ3) is 2.08. The third-order valence-electron chi connectivity index (χ3n) is 2.94. The van der Waals surface area contributed by atoms with E-state index in [0.29, 0.717) is 17.1 Å². The Morgan fingerprint density at radius 2 is 1.95 bits per heavy atom. The number of fused-ring (bicyclic) bond motifs is 1. The standard InChI is InChI=1S/C15H12N2O2/c1-19-11-6-4-5-10(9-11)16-14-12-7-2-3-8-13(12)17-15(14)18/h2-9H,1H3,(H,16,17,18). The Labute approximate surface area is 110 Å². The number of carbonyl (C=O) groups is 1. The van der Waals surface area contributed by atoms with Crippen molar-refractivity contribution >= 4 is 23.0 Å². The summed E-state index contributed by atoms with van der Waals surface area (Å²) in [5.41, 5.74) is 2.76. The lowest BCUT2D eigenvalue weighted by Gasteiger charge is -2.01. The normalized spacial score (nSPS) is 15.2. The molecule has 0 bridgehead atoms. The van der Waals surface area contributed by atoms with Crippen molar-refractivity contribution < 1.29 is 9.53 Å². The largest absolute Gasteiger partial charge is 0.497 e. The fraction of sp³-hybridized carbons (Fsp3) is 0.0667. The minimum Gasteiger partial charge on any atom is -0.497 e. The number of anilines is 1. The van der Waals surface area contributed by atoms with Crippen molar-refractivity contribution in [2.45, 2.75) is 0 Å². The number of hydrogen-bond acceptors (Lipinski definition) is 3. The second-order valence-corrected chi connectivity index (χ2v) is 4.16. The molecule has 1 heterocycles. The van der Waals surface area contributed by atoms with Gasteiger partial charge in [-0.3, -0.25) is 4.79 Å². The zero-order valence-electron chi connectivity index (χ0n) is 10.4. The molecule has 1 aliphatic heterocycles. The summed E-state index contributed by atoms with van der Waals surface area (Å²) < 4.78 is 5.15. The van der Waals surface area contributed by atoms with Crippen molar-refractivity contribution in [2.24, 2.45) is 4.99 Å². The second kappa shape index (κ2) is 4.57. The van der Waals surface area contributed by atoms with E-state index in [0.717, 1.165) is 11.3 Å². The molecule has 1 N–H and O–H groups in total. The average molecular weight is 252 g/mol. The van der Waals surface area contributed by atoms with E-state index < -0.39 is 0 Å². The summed E-state index contributed by atoms with van der Waals surface area (Å²) in [6, 6.07) is 14.8. The quantitative estimate of drug-likeness (QED) is 0.893. The number of hydrogen-bond donors (Lipinski definition) is 1. The van der Waals surface area contributed by atoms with Gasteiger partial charge in [-0.05, 0) is 18.2 Å². The number of benzene rings is 2. The Morgan fingerprint density at radius 3 is 2.79 bits per heavy atom. The molecule has 19 heavy (non-hydrogen) atoms. The molecule has 0 spiro atoms. The van der Waals surface area contributed by atoms with Crippen molar-refractivity contribution in [3.8, 4) is 5.75 Å². The van der Waals surface area contributed by atoms with Crippen molar-refractivity contribution in [3.63, 3.8) is 0 Å². The van der Waals surface area contributed by atoms with Crippen LogP contribution in [-0.4, -0.2) is 18.7 Å². The predicted molar refractivity (Wildman–Crippen MR) is 74.3 cm³/mol. The lowest BCUT2D eigenvalue weighted by molar-refractivity contribution is -0.110. The summed E-state index contributed by atoms with van der Waals surface area (Å²) in [6.07, 6.45) is 0. The Bertz CT molecular complexity index is 677. The first-order valence-electron chi connectivity index (χ1n) is 5.91. The molecule has 1 amide bonds. The molecule has 3 rings (SSSR count). The molecule has 0 radical (unpaired) electrons. The SMILES string of the molecule is COc1cccc(N=C2C(=O)Nc3ccccc32)c1. The fourth-order valence-corrected chi connectivity index (χ4v) is 2.02. The first-order valence-corrected chi connectivity index (χ1v) is 5.91. The van der Waals surface area contributed by atoms with Gasteiger partial charge < -0.3 is 10.1 Å². The van der Waals surface area contributed by atoms with Crippen LogP contribution >= 0.6 is 0 Å².